The van der Waals surface area contributed by atoms with Crippen LogP contribution in [-0.2, 0) is 19.0 Å². The first-order valence-electron chi connectivity index (χ1n) is 9.34. The summed E-state index contributed by atoms with van der Waals surface area (Å²) < 4.78 is 16.5. The molecule has 1 saturated heterocycles. The summed E-state index contributed by atoms with van der Waals surface area (Å²) in [5.74, 6) is -1.71. The number of hydrogen-bond donors (Lipinski definition) is 0. The standard InChI is InChI=1S/C21H19N3O6S/c1-13(25)28-21-17(23-24-22)18(30-20(27)15-10-6-3-7-11-15)16(12-31-21)29-19(26)14-8-4-2-5-9-14/h2-11,16-18,21H,12H2,1H3/t16-,17+,18-,21+/m1/s1. The lowest BCUT2D eigenvalue weighted by atomic mass is 10.1. The van der Waals surface area contributed by atoms with Gasteiger partial charge in [0.15, 0.2) is 11.5 Å². The largest absolute Gasteiger partial charge is 0.454 e. The molecule has 0 amide bonds. The van der Waals surface area contributed by atoms with Crippen molar-refractivity contribution in [3.05, 3.63) is 82.2 Å². The van der Waals surface area contributed by atoms with Crippen molar-refractivity contribution >= 4 is 29.7 Å². The number of rotatable bonds is 6. The number of esters is 3. The molecule has 0 unspecified atom stereocenters. The van der Waals surface area contributed by atoms with Gasteiger partial charge in [0.25, 0.3) is 0 Å². The molecule has 0 aromatic heterocycles. The molecule has 1 fully saturated rings. The van der Waals surface area contributed by atoms with E-state index in [0.717, 1.165) is 11.8 Å². The molecule has 0 aliphatic carbocycles. The Morgan fingerprint density at radius 2 is 1.48 bits per heavy atom. The Kier molecular flexibility index (Phi) is 7.53. The van der Waals surface area contributed by atoms with Crippen LogP contribution in [0.25, 0.3) is 10.4 Å². The number of benzene rings is 2. The second-order valence-electron chi connectivity index (χ2n) is 6.55. The van der Waals surface area contributed by atoms with Gasteiger partial charge in [-0.3, -0.25) is 4.79 Å². The number of carbonyl (C=O) groups excluding carboxylic acids is 3. The number of carbonyl (C=O) groups is 3. The van der Waals surface area contributed by atoms with Gasteiger partial charge in [-0.15, -0.1) is 11.8 Å². The Hall–Kier alpha value is -3.49. The Labute approximate surface area is 182 Å². The molecule has 0 saturated carbocycles. The van der Waals surface area contributed by atoms with Gasteiger partial charge >= 0.3 is 17.9 Å². The minimum absolute atomic E-state index is 0.167. The van der Waals surface area contributed by atoms with Gasteiger partial charge in [-0.25, -0.2) is 9.59 Å². The molecule has 0 bridgehead atoms. The van der Waals surface area contributed by atoms with E-state index in [1.54, 1.807) is 60.7 Å². The fraction of sp³-hybridized carbons (Fsp3) is 0.286. The van der Waals surface area contributed by atoms with Crippen LogP contribution in [0.15, 0.2) is 65.8 Å². The zero-order chi connectivity index (χ0) is 22.2. The van der Waals surface area contributed by atoms with Gasteiger partial charge in [-0.1, -0.05) is 41.5 Å². The molecule has 31 heavy (non-hydrogen) atoms. The second-order valence-corrected chi connectivity index (χ2v) is 7.68. The average Bonchev–Trinajstić information content (AvgIpc) is 2.78. The van der Waals surface area contributed by atoms with Gasteiger partial charge < -0.3 is 14.2 Å². The third-order valence-electron chi connectivity index (χ3n) is 4.39. The maximum absolute atomic E-state index is 12.7. The van der Waals surface area contributed by atoms with Crippen LogP contribution in [0.5, 0.6) is 0 Å². The SMILES string of the molecule is CC(=O)O[C@H]1SC[C@@H](OC(=O)c2ccccc2)[C@@H](OC(=O)c2ccccc2)[C@@H]1N=[N+]=[N-]. The van der Waals surface area contributed by atoms with Crippen molar-refractivity contribution < 1.29 is 28.6 Å². The molecule has 1 aliphatic rings. The summed E-state index contributed by atoms with van der Waals surface area (Å²) in [6.07, 6.45) is -2.07. The Balaban J connectivity index is 1.88. The Morgan fingerprint density at radius 1 is 0.935 bits per heavy atom. The summed E-state index contributed by atoms with van der Waals surface area (Å²) in [7, 11) is 0. The molecular formula is C21H19N3O6S. The van der Waals surface area contributed by atoms with Crippen molar-refractivity contribution in [1.29, 1.82) is 0 Å². The van der Waals surface area contributed by atoms with E-state index in [4.69, 9.17) is 19.7 Å². The van der Waals surface area contributed by atoms with Crippen molar-refractivity contribution in [1.82, 2.24) is 0 Å². The van der Waals surface area contributed by atoms with Gasteiger partial charge in [0.05, 0.1) is 11.1 Å². The highest BCUT2D eigenvalue weighted by Gasteiger charge is 2.46. The molecule has 0 spiro atoms. The topological polar surface area (TPSA) is 128 Å². The second kappa shape index (κ2) is 10.5. The summed E-state index contributed by atoms with van der Waals surface area (Å²) in [6, 6.07) is 15.5. The van der Waals surface area contributed by atoms with Crippen molar-refractivity contribution in [2.45, 2.75) is 30.6 Å². The average molecular weight is 441 g/mol. The first-order valence-corrected chi connectivity index (χ1v) is 10.4. The van der Waals surface area contributed by atoms with Crippen LogP contribution in [0.4, 0.5) is 0 Å². The van der Waals surface area contributed by atoms with Crippen LogP contribution in [0.2, 0.25) is 0 Å². The highest BCUT2D eigenvalue weighted by Crippen LogP contribution is 2.34. The van der Waals surface area contributed by atoms with Crippen LogP contribution in [0, 0.1) is 0 Å². The molecule has 1 aliphatic heterocycles. The Morgan fingerprint density at radius 3 is 2.00 bits per heavy atom. The minimum Gasteiger partial charge on any atom is -0.454 e. The van der Waals surface area contributed by atoms with E-state index >= 15 is 0 Å². The molecule has 1 heterocycles. The predicted molar refractivity (Wildman–Crippen MR) is 112 cm³/mol. The maximum Gasteiger partial charge on any atom is 0.338 e. The first-order chi connectivity index (χ1) is 15.0. The van der Waals surface area contributed by atoms with E-state index in [2.05, 4.69) is 10.0 Å². The Bertz CT molecular complexity index is 981. The number of hydrogen-bond acceptors (Lipinski definition) is 8. The fourth-order valence-electron chi connectivity index (χ4n) is 3.00. The van der Waals surface area contributed by atoms with Gasteiger partial charge in [0.1, 0.15) is 12.1 Å². The molecule has 4 atom stereocenters. The predicted octanol–water partition coefficient (Wildman–Crippen LogP) is 3.75. The number of nitrogens with zero attached hydrogens (tertiary/aromatic N) is 3. The van der Waals surface area contributed by atoms with Crippen LogP contribution in [-0.4, -0.2) is 47.3 Å². The normalized spacial score (nSPS) is 22.5. The number of ether oxygens (including phenoxy) is 3. The summed E-state index contributed by atoms with van der Waals surface area (Å²) in [5, 5.41) is 3.69. The third kappa shape index (κ3) is 5.78. The molecule has 2 aromatic carbocycles. The zero-order valence-electron chi connectivity index (χ0n) is 16.5. The summed E-state index contributed by atoms with van der Waals surface area (Å²) >= 11 is 1.14. The molecule has 0 radical (unpaired) electrons. The van der Waals surface area contributed by atoms with E-state index in [0.29, 0.717) is 5.56 Å². The molecule has 3 rings (SSSR count). The first kappa shape index (κ1) is 22.2. The highest BCUT2D eigenvalue weighted by molar-refractivity contribution is 7.99. The van der Waals surface area contributed by atoms with Gasteiger partial charge in [0.2, 0.25) is 0 Å². The van der Waals surface area contributed by atoms with Crippen molar-refractivity contribution in [2.24, 2.45) is 5.11 Å². The van der Waals surface area contributed by atoms with E-state index < -0.39 is 41.6 Å². The van der Waals surface area contributed by atoms with Crippen molar-refractivity contribution in [3.8, 4) is 0 Å². The summed E-state index contributed by atoms with van der Waals surface area (Å²) in [6.45, 7) is 1.22. The van der Waals surface area contributed by atoms with Gasteiger partial charge in [-0.2, -0.15) is 0 Å². The van der Waals surface area contributed by atoms with E-state index in [1.807, 2.05) is 0 Å². The molecular weight excluding hydrogens is 422 g/mol. The number of azide groups is 1. The molecule has 160 valence electrons. The van der Waals surface area contributed by atoms with E-state index in [-0.39, 0.29) is 11.3 Å². The van der Waals surface area contributed by atoms with Gasteiger partial charge in [0, 0.05) is 17.6 Å². The monoisotopic (exact) mass is 441 g/mol. The fourth-order valence-corrected chi connectivity index (χ4v) is 4.24. The van der Waals surface area contributed by atoms with Crippen molar-refractivity contribution in [2.75, 3.05) is 5.75 Å². The van der Waals surface area contributed by atoms with Crippen LogP contribution >= 0.6 is 11.8 Å². The maximum atomic E-state index is 12.7. The quantitative estimate of drug-likeness (QED) is 0.219. The lowest BCUT2D eigenvalue weighted by Gasteiger charge is -2.38. The molecule has 0 N–H and O–H groups in total. The van der Waals surface area contributed by atoms with Gasteiger partial charge in [-0.05, 0) is 29.8 Å². The van der Waals surface area contributed by atoms with Crippen LogP contribution in [0.3, 0.4) is 0 Å². The highest BCUT2D eigenvalue weighted by atomic mass is 32.2. The van der Waals surface area contributed by atoms with Crippen molar-refractivity contribution in [3.63, 3.8) is 0 Å². The smallest absolute Gasteiger partial charge is 0.338 e. The summed E-state index contributed by atoms with van der Waals surface area (Å²) in [4.78, 5) is 39.6. The van der Waals surface area contributed by atoms with Crippen LogP contribution < -0.4 is 0 Å². The lowest BCUT2D eigenvalue weighted by Crippen LogP contribution is -2.52. The zero-order valence-corrected chi connectivity index (χ0v) is 17.3. The molecule has 10 heteroatoms. The third-order valence-corrected chi connectivity index (χ3v) is 5.62. The van der Waals surface area contributed by atoms with E-state index in [9.17, 15) is 14.4 Å². The minimum atomic E-state index is -1.15. The molecule has 9 nitrogen and oxygen atoms in total. The molecule has 2 aromatic rings. The lowest BCUT2D eigenvalue weighted by molar-refractivity contribution is -0.145. The van der Waals surface area contributed by atoms with Crippen LogP contribution in [0.1, 0.15) is 27.6 Å². The summed E-state index contributed by atoms with van der Waals surface area (Å²) in [5.41, 5.74) is 8.75. The van der Waals surface area contributed by atoms with E-state index in [1.165, 1.54) is 6.92 Å². The number of thioether (sulfide) groups is 1.